The first-order chi connectivity index (χ1) is 10.5. The highest BCUT2D eigenvalue weighted by Gasteiger charge is 2.19. The van der Waals surface area contributed by atoms with Crippen LogP contribution in [0.1, 0.15) is 32.6 Å². The van der Waals surface area contributed by atoms with Crippen LogP contribution in [0.4, 0.5) is 4.39 Å². The Bertz CT molecular complexity index is 735. The van der Waals surface area contributed by atoms with Crippen LogP contribution in [0.5, 0.6) is 0 Å². The molecule has 2 heterocycles. The first-order valence-corrected chi connectivity index (χ1v) is 8.86. The Kier molecular flexibility index (Phi) is 5.54. The van der Waals surface area contributed by atoms with E-state index in [9.17, 15) is 12.8 Å². The Hall–Kier alpha value is -1.89. The van der Waals surface area contributed by atoms with Crippen molar-refractivity contribution < 1.29 is 12.8 Å². The zero-order valence-electron chi connectivity index (χ0n) is 12.4. The summed E-state index contributed by atoms with van der Waals surface area (Å²) in [5.41, 5.74) is 0.375. The summed E-state index contributed by atoms with van der Waals surface area (Å²) in [4.78, 5) is 11.4. The molecule has 5 nitrogen and oxygen atoms in total. The summed E-state index contributed by atoms with van der Waals surface area (Å²) in [6.07, 6.45) is 6.11. The van der Waals surface area contributed by atoms with Crippen LogP contribution in [0, 0.1) is 5.95 Å². The molecule has 0 aliphatic carbocycles. The van der Waals surface area contributed by atoms with Gasteiger partial charge in [-0.25, -0.2) is 23.4 Å². The highest BCUT2D eigenvalue weighted by atomic mass is 32.2. The minimum absolute atomic E-state index is 0.00593. The third kappa shape index (κ3) is 4.07. The van der Waals surface area contributed by atoms with Gasteiger partial charge in [0.25, 0.3) is 0 Å². The van der Waals surface area contributed by atoms with Crippen molar-refractivity contribution in [3.05, 3.63) is 36.5 Å². The third-order valence-electron chi connectivity index (χ3n) is 3.21. The SMILES string of the molecule is CCCCCCS(=O)(=O)c1nccc(-c2cccnc2F)n1. The van der Waals surface area contributed by atoms with Crippen LogP contribution in [-0.4, -0.2) is 29.1 Å². The molecular formula is C15H18FN3O2S. The number of nitrogens with zero attached hydrogens (tertiary/aromatic N) is 3. The molecule has 0 spiro atoms. The van der Waals surface area contributed by atoms with E-state index in [1.165, 1.54) is 24.5 Å². The van der Waals surface area contributed by atoms with Crippen molar-refractivity contribution in [2.24, 2.45) is 0 Å². The molecule has 2 aromatic rings. The lowest BCUT2D eigenvalue weighted by Crippen LogP contribution is -2.11. The van der Waals surface area contributed by atoms with Crippen LogP contribution in [0.3, 0.4) is 0 Å². The summed E-state index contributed by atoms with van der Waals surface area (Å²) < 4.78 is 38.1. The molecule has 0 unspecified atom stereocenters. The number of sulfone groups is 1. The largest absolute Gasteiger partial charge is 0.247 e. The Balaban J connectivity index is 2.23. The Morgan fingerprint density at radius 2 is 1.91 bits per heavy atom. The van der Waals surface area contributed by atoms with Crippen molar-refractivity contribution in [1.29, 1.82) is 0 Å². The molecule has 0 amide bonds. The number of hydrogen-bond donors (Lipinski definition) is 0. The van der Waals surface area contributed by atoms with Crippen molar-refractivity contribution in [3.8, 4) is 11.3 Å². The van der Waals surface area contributed by atoms with Gasteiger partial charge in [0.05, 0.1) is 17.0 Å². The minimum atomic E-state index is -3.55. The summed E-state index contributed by atoms with van der Waals surface area (Å²) in [7, 11) is -3.55. The minimum Gasteiger partial charge on any atom is -0.228 e. The van der Waals surface area contributed by atoms with Crippen molar-refractivity contribution in [3.63, 3.8) is 0 Å². The molecular weight excluding hydrogens is 305 g/mol. The van der Waals surface area contributed by atoms with Gasteiger partial charge >= 0.3 is 0 Å². The lowest BCUT2D eigenvalue weighted by Gasteiger charge is -2.05. The highest BCUT2D eigenvalue weighted by molar-refractivity contribution is 7.91. The zero-order chi connectivity index (χ0) is 16.0. The van der Waals surface area contributed by atoms with Gasteiger partial charge in [-0.05, 0) is 24.6 Å². The summed E-state index contributed by atoms with van der Waals surface area (Å²) in [5, 5.41) is -0.259. The van der Waals surface area contributed by atoms with Crippen LogP contribution in [-0.2, 0) is 9.84 Å². The van der Waals surface area contributed by atoms with Gasteiger partial charge < -0.3 is 0 Å². The number of pyridine rings is 1. The molecule has 118 valence electrons. The van der Waals surface area contributed by atoms with Gasteiger partial charge in [-0.2, -0.15) is 4.39 Å². The summed E-state index contributed by atoms with van der Waals surface area (Å²) in [6, 6.07) is 4.54. The first-order valence-electron chi connectivity index (χ1n) is 7.21. The van der Waals surface area contributed by atoms with Crippen LogP contribution in [0.25, 0.3) is 11.3 Å². The summed E-state index contributed by atoms with van der Waals surface area (Å²) in [5.74, 6) is -0.682. The molecule has 2 rings (SSSR count). The van der Waals surface area contributed by atoms with E-state index in [2.05, 4.69) is 21.9 Å². The number of hydrogen-bond acceptors (Lipinski definition) is 5. The van der Waals surface area contributed by atoms with E-state index < -0.39 is 15.8 Å². The predicted octanol–water partition coefficient (Wildman–Crippen LogP) is 3.03. The first kappa shape index (κ1) is 16.5. The van der Waals surface area contributed by atoms with Crippen molar-refractivity contribution >= 4 is 9.84 Å². The number of unbranched alkanes of at least 4 members (excludes halogenated alkanes) is 3. The van der Waals surface area contributed by atoms with Gasteiger partial charge in [0.1, 0.15) is 0 Å². The van der Waals surface area contributed by atoms with Gasteiger partial charge in [0.2, 0.25) is 20.9 Å². The van der Waals surface area contributed by atoms with Gasteiger partial charge in [-0.1, -0.05) is 26.2 Å². The summed E-state index contributed by atoms with van der Waals surface area (Å²) in [6.45, 7) is 2.06. The second-order valence-corrected chi connectivity index (χ2v) is 6.95. The standard InChI is InChI=1S/C15H18FN3O2S/c1-2-3-4-5-11-22(20,21)15-18-10-8-13(19-15)12-7-6-9-17-14(12)16/h6-10H,2-5,11H2,1H3. The van der Waals surface area contributed by atoms with Gasteiger partial charge in [-0.3, -0.25) is 0 Å². The van der Waals surface area contributed by atoms with E-state index in [0.29, 0.717) is 6.42 Å². The fraction of sp³-hybridized carbons (Fsp3) is 0.400. The maximum atomic E-state index is 13.7. The average Bonchev–Trinajstić information content (AvgIpc) is 2.52. The molecule has 0 aliphatic rings. The Morgan fingerprint density at radius 1 is 1.09 bits per heavy atom. The van der Waals surface area contributed by atoms with E-state index in [0.717, 1.165) is 19.3 Å². The molecule has 7 heteroatoms. The number of rotatable bonds is 7. The molecule has 22 heavy (non-hydrogen) atoms. The second kappa shape index (κ2) is 7.40. The van der Waals surface area contributed by atoms with Crippen LogP contribution in [0.15, 0.2) is 35.7 Å². The molecule has 0 N–H and O–H groups in total. The van der Waals surface area contributed by atoms with E-state index >= 15 is 0 Å². The zero-order valence-corrected chi connectivity index (χ0v) is 13.2. The fourth-order valence-electron chi connectivity index (χ4n) is 2.03. The molecule has 0 atom stereocenters. The Morgan fingerprint density at radius 3 is 2.64 bits per heavy atom. The van der Waals surface area contributed by atoms with E-state index in [1.807, 2.05) is 0 Å². The average molecular weight is 323 g/mol. The number of aromatic nitrogens is 3. The topological polar surface area (TPSA) is 72.8 Å². The van der Waals surface area contributed by atoms with Gasteiger partial charge in [0, 0.05) is 12.4 Å². The normalized spacial score (nSPS) is 11.5. The molecule has 0 aromatic carbocycles. The van der Waals surface area contributed by atoms with Crippen LogP contribution < -0.4 is 0 Å². The fourth-order valence-corrected chi connectivity index (χ4v) is 3.25. The molecule has 0 fully saturated rings. The van der Waals surface area contributed by atoms with E-state index in [1.54, 1.807) is 6.07 Å². The maximum Gasteiger partial charge on any atom is 0.247 e. The lowest BCUT2D eigenvalue weighted by molar-refractivity contribution is 0.578. The summed E-state index contributed by atoms with van der Waals surface area (Å²) >= 11 is 0. The molecule has 0 bridgehead atoms. The van der Waals surface area contributed by atoms with Crippen molar-refractivity contribution in [1.82, 2.24) is 15.0 Å². The maximum absolute atomic E-state index is 13.7. The molecule has 0 aliphatic heterocycles. The second-order valence-electron chi connectivity index (χ2n) is 4.95. The molecule has 0 saturated carbocycles. The third-order valence-corrected chi connectivity index (χ3v) is 4.79. The predicted molar refractivity (Wildman–Crippen MR) is 81.4 cm³/mol. The molecule has 2 aromatic heterocycles. The van der Waals surface area contributed by atoms with Gasteiger partial charge in [-0.15, -0.1) is 0 Å². The van der Waals surface area contributed by atoms with E-state index in [-0.39, 0.29) is 22.2 Å². The van der Waals surface area contributed by atoms with E-state index in [4.69, 9.17) is 0 Å². The number of halogens is 1. The molecule has 0 radical (unpaired) electrons. The monoisotopic (exact) mass is 323 g/mol. The van der Waals surface area contributed by atoms with Crippen molar-refractivity contribution in [2.75, 3.05) is 5.75 Å². The highest BCUT2D eigenvalue weighted by Crippen LogP contribution is 2.20. The Labute approximate surface area is 129 Å². The van der Waals surface area contributed by atoms with Crippen LogP contribution >= 0.6 is 0 Å². The van der Waals surface area contributed by atoms with Crippen molar-refractivity contribution in [2.45, 2.75) is 37.8 Å². The lowest BCUT2D eigenvalue weighted by atomic mass is 10.2. The van der Waals surface area contributed by atoms with Gasteiger partial charge in [0.15, 0.2) is 0 Å². The smallest absolute Gasteiger partial charge is 0.228 e. The van der Waals surface area contributed by atoms with Crippen LogP contribution in [0.2, 0.25) is 0 Å². The molecule has 0 saturated heterocycles. The quantitative estimate of drug-likeness (QED) is 0.445.